The fourth-order valence-electron chi connectivity index (χ4n) is 3.34. The molecule has 0 saturated heterocycles. The third-order valence-electron chi connectivity index (χ3n) is 4.76. The van der Waals surface area contributed by atoms with Crippen LogP contribution in [0.4, 0.5) is 0 Å². The molecule has 0 spiro atoms. The maximum Gasteiger partial charge on any atom is 0.336 e. The van der Waals surface area contributed by atoms with Crippen molar-refractivity contribution in [3.05, 3.63) is 35.4 Å². The molecule has 1 rings (SSSR count). The van der Waals surface area contributed by atoms with Crippen LogP contribution in [-0.4, -0.2) is 9.79 Å². The third-order valence-corrected chi connectivity index (χ3v) is 6.57. The number of hydrogen-bond acceptors (Lipinski definition) is 1. The van der Waals surface area contributed by atoms with Crippen LogP contribution in [0.3, 0.4) is 0 Å². The largest absolute Gasteiger partial charge is 0.336 e. The van der Waals surface area contributed by atoms with Gasteiger partial charge in [-0.15, -0.1) is 0 Å². The molecule has 0 saturated carbocycles. The Morgan fingerprint density at radius 1 is 0.913 bits per heavy atom. The zero-order valence-electron chi connectivity index (χ0n) is 14.9. The average Bonchev–Trinajstić information content (AvgIpc) is 2.52. The molecular formula is C19H33O3P. The van der Waals surface area contributed by atoms with Crippen LogP contribution >= 0.6 is 7.60 Å². The topological polar surface area (TPSA) is 57.5 Å². The maximum atomic E-state index is 12.6. The van der Waals surface area contributed by atoms with Crippen molar-refractivity contribution < 1.29 is 14.4 Å². The highest BCUT2D eigenvalue weighted by molar-refractivity contribution is 7.53. The van der Waals surface area contributed by atoms with Crippen LogP contribution < -0.4 is 0 Å². The van der Waals surface area contributed by atoms with Crippen LogP contribution in [0, 0.1) is 0 Å². The number of rotatable bonds is 11. The lowest BCUT2D eigenvalue weighted by molar-refractivity contribution is 0.299. The smallest absolute Gasteiger partial charge is 0.324 e. The molecule has 0 aliphatic rings. The molecule has 23 heavy (non-hydrogen) atoms. The lowest BCUT2D eigenvalue weighted by atomic mass is 9.84. The molecule has 3 nitrogen and oxygen atoms in total. The lowest BCUT2D eigenvalue weighted by Crippen LogP contribution is -2.28. The summed E-state index contributed by atoms with van der Waals surface area (Å²) in [6, 6.07) is 7.91. The van der Waals surface area contributed by atoms with Gasteiger partial charge in [0.25, 0.3) is 0 Å². The summed E-state index contributed by atoms with van der Waals surface area (Å²) < 4.78 is 12.6. The predicted molar refractivity (Wildman–Crippen MR) is 97.8 cm³/mol. The monoisotopic (exact) mass is 340 g/mol. The molecule has 0 unspecified atom stereocenters. The van der Waals surface area contributed by atoms with E-state index in [9.17, 15) is 14.4 Å². The van der Waals surface area contributed by atoms with Crippen molar-refractivity contribution in [3.8, 4) is 0 Å². The molecule has 1 aromatic carbocycles. The van der Waals surface area contributed by atoms with Gasteiger partial charge in [-0.3, -0.25) is 4.57 Å². The Morgan fingerprint density at radius 2 is 1.43 bits per heavy atom. The number of benzene rings is 1. The minimum absolute atomic E-state index is 0.566. The van der Waals surface area contributed by atoms with Crippen LogP contribution in [0.1, 0.15) is 83.3 Å². The summed E-state index contributed by atoms with van der Waals surface area (Å²) in [6.45, 7) is 6.30. The van der Waals surface area contributed by atoms with Gasteiger partial charge in [0.1, 0.15) is 0 Å². The zero-order valence-corrected chi connectivity index (χ0v) is 15.8. The fourth-order valence-corrected chi connectivity index (χ4v) is 4.77. The first-order valence-electron chi connectivity index (χ1n) is 9.07. The molecule has 1 aromatic rings. The van der Waals surface area contributed by atoms with E-state index in [1.54, 1.807) is 0 Å². The quantitative estimate of drug-likeness (QED) is 0.502. The number of unbranched alkanes of at least 4 members (excludes halogenated alkanes) is 3. The van der Waals surface area contributed by atoms with E-state index in [0.717, 1.165) is 56.1 Å². The zero-order chi connectivity index (χ0) is 17.3. The normalized spacial score (nSPS) is 12.6. The van der Waals surface area contributed by atoms with Gasteiger partial charge >= 0.3 is 7.60 Å². The van der Waals surface area contributed by atoms with Crippen molar-refractivity contribution in [1.29, 1.82) is 0 Å². The molecule has 0 bridgehead atoms. The molecule has 2 N–H and O–H groups in total. The first-order valence-corrected chi connectivity index (χ1v) is 10.7. The second-order valence-electron chi connectivity index (χ2n) is 6.54. The number of hydrogen-bond donors (Lipinski definition) is 2. The first-order chi connectivity index (χ1) is 10.9. The Balaban J connectivity index is 3.39. The van der Waals surface area contributed by atoms with Crippen LogP contribution in [-0.2, 0) is 16.1 Å². The van der Waals surface area contributed by atoms with Crippen molar-refractivity contribution in [2.75, 3.05) is 0 Å². The second kappa shape index (κ2) is 9.61. The van der Waals surface area contributed by atoms with E-state index in [0.29, 0.717) is 12.8 Å². The molecule has 0 amide bonds. The first kappa shape index (κ1) is 20.4. The SMILES string of the molecule is CCCCc1ccccc1C(CCCC)(CCCC)P(=O)(O)O. The predicted octanol–water partition coefficient (Wildman–Crippen LogP) is 5.78. The lowest BCUT2D eigenvalue weighted by Gasteiger charge is -2.36. The maximum absolute atomic E-state index is 12.6. The molecule has 0 atom stereocenters. The summed E-state index contributed by atoms with van der Waals surface area (Å²) >= 11 is 0. The Hall–Kier alpha value is -0.630. The van der Waals surface area contributed by atoms with E-state index in [4.69, 9.17) is 0 Å². The summed E-state index contributed by atoms with van der Waals surface area (Å²) in [7, 11) is -4.25. The van der Waals surface area contributed by atoms with Crippen molar-refractivity contribution in [1.82, 2.24) is 0 Å². The summed E-state index contributed by atoms with van der Waals surface area (Å²) in [4.78, 5) is 20.6. The van der Waals surface area contributed by atoms with Gasteiger partial charge in [-0.2, -0.15) is 0 Å². The second-order valence-corrected chi connectivity index (χ2v) is 8.49. The van der Waals surface area contributed by atoms with Crippen LogP contribution in [0.2, 0.25) is 0 Å². The molecule has 0 fully saturated rings. The minimum atomic E-state index is -4.25. The molecule has 0 heterocycles. The van der Waals surface area contributed by atoms with Crippen LogP contribution in [0.25, 0.3) is 0 Å². The molecule has 132 valence electrons. The molecule has 0 aromatic heterocycles. The van der Waals surface area contributed by atoms with Crippen molar-refractivity contribution in [2.45, 2.75) is 83.7 Å². The Bertz CT molecular complexity index is 499. The van der Waals surface area contributed by atoms with Gasteiger partial charge < -0.3 is 9.79 Å². The fraction of sp³-hybridized carbons (Fsp3) is 0.684. The van der Waals surface area contributed by atoms with E-state index < -0.39 is 12.8 Å². The van der Waals surface area contributed by atoms with E-state index in [2.05, 4.69) is 20.8 Å². The summed E-state index contributed by atoms with van der Waals surface area (Å²) in [5.74, 6) is 0. The van der Waals surface area contributed by atoms with Gasteiger partial charge in [-0.25, -0.2) is 0 Å². The minimum Gasteiger partial charge on any atom is -0.324 e. The molecule has 4 heteroatoms. The Labute approximate surface area is 141 Å². The Morgan fingerprint density at radius 3 is 1.91 bits per heavy atom. The van der Waals surface area contributed by atoms with E-state index in [1.807, 2.05) is 24.3 Å². The van der Waals surface area contributed by atoms with Crippen LogP contribution in [0.5, 0.6) is 0 Å². The van der Waals surface area contributed by atoms with E-state index >= 15 is 0 Å². The van der Waals surface area contributed by atoms with Gasteiger partial charge in [0, 0.05) is 0 Å². The van der Waals surface area contributed by atoms with Crippen molar-refractivity contribution >= 4 is 7.60 Å². The molecule has 0 radical (unpaired) electrons. The Kier molecular flexibility index (Phi) is 8.53. The van der Waals surface area contributed by atoms with Gasteiger partial charge in [-0.1, -0.05) is 77.1 Å². The summed E-state index contributed by atoms with van der Waals surface area (Å²) in [5, 5.41) is -1.01. The van der Waals surface area contributed by atoms with Crippen molar-refractivity contribution in [3.63, 3.8) is 0 Å². The highest BCUT2D eigenvalue weighted by Gasteiger charge is 2.47. The van der Waals surface area contributed by atoms with Gasteiger partial charge in [0.15, 0.2) is 0 Å². The average molecular weight is 340 g/mol. The van der Waals surface area contributed by atoms with Gasteiger partial charge in [0.05, 0.1) is 5.16 Å². The number of aryl methyl sites for hydroxylation is 1. The standard InChI is InChI=1S/C19H33O3P/c1-4-7-12-17-13-10-11-14-18(17)19(15-8-5-2,16-9-6-3)23(20,21)22/h10-11,13-14H,4-9,12,15-16H2,1-3H3,(H2,20,21,22). The highest BCUT2D eigenvalue weighted by Crippen LogP contribution is 2.62. The molecular weight excluding hydrogens is 307 g/mol. The van der Waals surface area contributed by atoms with Gasteiger partial charge in [-0.05, 0) is 36.8 Å². The molecule has 0 aliphatic carbocycles. The van der Waals surface area contributed by atoms with E-state index in [-0.39, 0.29) is 0 Å². The third kappa shape index (κ3) is 5.17. The molecule has 0 aliphatic heterocycles. The highest BCUT2D eigenvalue weighted by atomic mass is 31.2. The van der Waals surface area contributed by atoms with E-state index in [1.165, 1.54) is 0 Å². The summed E-state index contributed by atoms with van der Waals surface area (Å²) in [6.07, 6.45) is 7.75. The summed E-state index contributed by atoms with van der Waals surface area (Å²) in [5.41, 5.74) is 2.01. The van der Waals surface area contributed by atoms with Crippen molar-refractivity contribution in [2.24, 2.45) is 0 Å². The van der Waals surface area contributed by atoms with Crippen LogP contribution in [0.15, 0.2) is 24.3 Å². The van der Waals surface area contributed by atoms with Gasteiger partial charge in [0.2, 0.25) is 0 Å².